The van der Waals surface area contributed by atoms with Gasteiger partial charge in [-0.1, -0.05) is 0 Å². The molecule has 1 N–H and O–H groups in total. The number of hydrogen-bond acceptors (Lipinski definition) is 4. The third-order valence-electron chi connectivity index (χ3n) is 2.28. The van der Waals surface area contributed by atoms with E-state index >= 15 is 0 Å². The van der Waals surface area contributed by atoms with Gasteiger partial charge in [-0.3, -0.25) is 4.79 Å². The predicted molar refractivity (Wildman–Crippen MR) is 64.7 cm³/mol. The molecule has 0 aliphatic heterocycles. The van der Waals surface area contributed by atoms with E-state index in [1.54, 1.807) is 6.07 Å². The van der Waals surface area contributed by atoms with E-state index in [1.807, 2.05) is 6.92 Å². The Balaban J connectivity index is 2.27. The van der Waals surface area contributed by atoms with Gasteiger partial charge in [0.15, 0.2) is 6.29 Å². The maximum absolute atomic E-state index is 10.5. The monoisotopic (exact) mass is 238 g/mol. The van der Waals surface area contributed by atoms with E-state index in [2.05, 4.69) is 0 Å². The number of carbonyl (C=O) groups excluding carboxylic acids is 1. The van der Waals surface area contributed by atoms with E-state index in [-0.39, 0.29) is 11.3 Å². The van der Waals surface area contributed by atoms with Gasteiger partial charge in [-0.2, -0.15) is 0 Å². The molecule has 0 amide bonds. The van der Waals surface area contributed by atoms with Gasteiger partial charge in [0.1, 0.15) is 11.5 Å². The largest absolute Gasteiger partial charge is 0.507 e. The third kappa shape index (κ3) is 4.87. The molecule has 17 heavy (non-hydrogen) atoms. The average Bonchev–Trinajstić information content (AvgIpc) is 2.34. The lowest BCUT2D eigenvalue weighted by atomic mass is 10.2. The van der Waals surface area contributed by atoms with Gasteiger partial charge in [0.05, 0.1) is 12.2 Å². The maximum Gasteiger partial charge on any atom is 0.153 e. The molecule has 4 heteroatoms. The Morgan fingerprint density at radius 2 is 2.06 bits per heavy atom. The van der Waals surface area contributed by atoms with Crippen LogP contribution >= 0.6 is 0 Å². The maximum atomic E-state index is 10.5. The van der Waals surface area contributed by atoms with Gasteiger partial charge in [0, 0.05) is 19.3 Å². The smallest absolute Gasteiger partial charge is 0.153 e. The number of ether oxygens (including phenoxy) is 2. The normalized spacial score (nSPS) is 10.2. The highest BCUT2D eigenvalue weighted by Crippen LogP contribution is 2.22. The molecule has 0 atom stereocenters. The van der Waals surface area contributed by atoms with Crippen molar-refractivity contribution in [3.8, 4) is 11.5 Å². The Bertz CT molecular complexity index is 349. The molecular formula is C13H18O4. The lowest BCUT2D eigenvalue weighted by Gasteiger charge is -2.07. The van der Waals surface area contributed by atoms with Gasteiger partial charge in [-0.15, -0.1) is 0 Å². The minimum Gasteiger partial charge on any atom is -0.507 e. The molecule has 0 unspecified atom stereocenters. The fourth-order valence-electron chi connectivity index (χ4n) is 1.35. The minimum absolute atomic E-state index is 0.0492. The number of rotatable bonds is 8. The summed E-state index contributed by atoms with van der Waals surface area (Å²) in [7, 11) is 0. The second-order valence-corrected chi connectivity index (χ2v) is 3.59. The van der Waals surface area contributed by atoms with Crippen LogP contribution in [0.4, 0.5) is 0 Å². The number of carbonyl (C=O) groups is 1. The Morgan fingerprint density at radius 3 is 2.71 bits per heavy atom. The van der Waals surface area contributed by atoms with Gasteiger partial charge < -0.3 is 14.6 Å². The number of phenols is 1. The first kappa shape index (κ1) is 13.5. The zero-order chi connectivity index (χ0) is 12.5. The molecular weight excluding hydrogens is 220 g/mol. The average molecular weight is 238 g/mol. The van der Waals surface area contributed by atoms with Crippen molar-refractivity contribution in [3.05, 3.63) is 23.8 Å². The summed E-state index contributed by atoms with van der Waals surface area (Å²) in [4.78, 5) is 10.5. The summed E-state index contributed by atoms with van der Waals surface area (Å²) in [6, 6.07) is 4.66. The van der Waals surface area contributed by atoms with Crippen molar-refractivity contribution >= 4 is 6.29 Å². The van der Waals surface area contributed by atoms with Crippen LogP contribution in [0.2, 0.25) is 0 Å². The summed E-state index contributed by atoms with van der Waals surface area (Å²) >= 11 is 0. The number of phenolic OH excluding ortho intramolecular Hbond substituents is 1. The number of aldehydes is 1. The van der Waals surface area contributed by atoms with Gasteiger partial charge >= 0.3 is 0 Å². The number of aromatic hydroxyl groups is 1. The van der Waals surface area contributed by atoms with E-state index in [9.17, 15) is 9.90 Å². The van der Waals surface area contributed by atoms with Crippen molar-refractivity contribution in [2.75, 3.05) is 19.8 Å². The summed E-state index contributed by atoms with van der Waals surface area (Å²) in [6.07, 6.45) is 2.46. The minimum atomic E-state index is -0.0492. The molecule has 0 fully saturated rings. The first-order valence-corrected chi connectivity index (χ1v) is 5.76. The van der Waals surface area contributed by atoms with Crippen LogP contribution in [0, 0.1) is 0 Å². The lowest BCUT2D eigenvalue weighted by Crippen LogP contribution is -2.00. The quantitative estimate of drug-likeness (QED) is 0.558. The fraction of sp³-hybridized carbons (Fsp3) is 0.462. The van der Waals surface area contributed by atoms with Crippen LogP contribution in [0.1, 0.15) is 30.1 Å². The molecule has 0 aliphatic rings. The second-order valence-electron chi connectivity index (χ2n) is 3.59. The van der Waals surface area contributed by atoms with Crippen LogP contribution in [-0.2, 0) is 4.74 Å². The molecule has 0 heterocycles. The Hall–Kier alpha value is -1.55. The molecule has 4 nitrogen and oxygen atoms in total. The SMILES string of the molecule is CCOCCCCOc1ccc(C=O)c(O)c1. The molecule has 0 saturated carbocycles. The number of benzene rings is 1. The zero-order valence-corrected chi connectivity index (χ0v) is 10.0. The Labute approximate surface area is 101 Å². The van der Waals surface area contributed by atoms with Crippen molar-refractivity contribution in [3.63, 3.8) is 0 Å². The van der Waals surface area contributed by atoms with Crippen molar-refractivity contribution in [1.29, 1.82) is 0 Å². The van der Waals surface area contributed by atoms with E-state index in [0.717, 1.165) is 26.1 Å². The topological polar surface area (TPSA) is 55.8 Å². The molecule has 1 rings (SSSR count). The Morgan fingerprint density at radius 1 is 1.29 bits per heavy atom. The molecule has 0 aromatic heterocycles. The first-order valence-electron chi connectivity index (χ1n) is 5.76. The van der Waals surface area contributed by atoms with Crippen LogP contribution < -0.4 is 4.74 Å². The third-order valence-corrected chi connectivity index (χ3v) is 2.28. The summed E-state index contributed by atoms with van der Waals surface area (Å²) in [5, 5.41) is 9.43. The summed E-state index contributed by atoms with van der Waals surface area (Å²) in [6.45, 7) is 4.03. The van der Waals surface area contributed by atoms with Gasteiger partial charge in [0.2, 0.25) is 0 Å². The van der Waals surface area contributed by atoms with Crippen molar-refractivity contribution in [1.82, 2.24) is 0 Å². The van der Waals surface area contributed by atoms with Gasteiger partial charge in [-0.25, -0.2) is 0 Å². The van der Waals surface area contributed by atoms with Gasteiger partial charge in [0.25, 0.3) is 0 Å². The highest BCUT2D eigenvalue weighted by Gasteiger charge is 2.01. The van der Waals surface area contributed by atoms with Gasteiger partial charge in [-0.05, 0) is 31.9 Å². The molecule has 94 valence electrons. The van der Waals surface area contributed by atoms with Crippen LogP contribution in [0.25, 0.3) is 0 Å². The van der Waals surface area contributed by atoms with Crippen LogP contribution in [-0.4, -0.2) is 31.2 Å². The second kappa shape index (κ2) is 7.68. The molecule has 0 bridgehead atoms. The van der Waals surface area contributed by atoms with E-state index in [1.165, 1.54) is 12.1 Å². The number of unbranched alkanes of at least 4 members (excludes halogenated alkanes) is 1. The molecule has 0 spiro atoms. The van der Waals surface area contributed by atoms with E-state index in [4.69, 9.17) is 9.47 Å². The lowest BCUT2D eigenvalue weighted by molar-refractivity contribution is 0.112. The fourth-order valence-corrected chi connectivity index (χ4v) is 1.35. The number of hydrogen-bond donors (Lipinski definition) is 1. The van der Waals surface area contributed by atoms with Crippen LogP contribution in [0.3, 0.4) is 0 Å². The van der Waals surface area contributed by atoms with Crippen LogP contribution in [0.15, 0.2) is 18.2 Å². The highest BCUT2D eigenvalue weighted by molar-refractivity contribution is 5.79. The molecule has 1 aromatic rings. The molecule has 0 saturated heterocycles. The summed E-state index contributed by atoms with van der Waals surface area (Å²) < 4.78 is 10.6. The molecule has 1 aromatic carbocycles. The highest BCUT2D eigenvalue weighted by atomic mass is 16.5. The Kier molecular flexibility index (Phi) is 6.10. The molecule has 0 aliphatic carbocycles. The van der Waals surface area contributed by atoms with Crippen LogP contribution in [0.5, 0.6) is 11.5 Å². The standard InChI is InChI=1S/C13H18O4/c1-2-16-7-3-4-8-17-12-6-5-11(10-14)13(15)9-12/h5-6,9-10,15H,2-4,7-8H2,1H3. The van der Waals surface area contributed by atoms with Crippen molar-refractivity contribution in [2.45, 2.75) is 19.8 Å². The van der Waals surface area contributed by atoms with E-state index in [0.29, 0.717) is 18.6 Å². The van der Waals surface area contributed by atoms with Crippen molar-refractivity contribution < 1.29 is 19.4 Å². The zero-order valence-electron chi connectivity index (χ0n) is 10.0. The summed E-state index contributed by atoms with van der Waals surface area (Å²) in [5.41, 5.74) is 0.272. The first-order chi connectivity index (χ1) is 8.27. The predicted octanol–water partition coefficient (Wildman–Crippen LogP) is 2.40. The summed E-state index contributed by atoms with van der Waals surface area (Å²) in [5.74, 6) is 0.524. The van der Waals surface area contributed by atoms with E-state index < -0.39 is 0 Å². The van der Waals surface area contributed by atoms with Crippen molar-refractivity contribution in [2.24, 2.45) is 0 Å². The molecule has 0 radical (unpaired) electrons.